The van der Waals surface area contributed by atoms with Crippen LogP contribution in [0.2, 0.25) is 5.02 Å². The van der Waals surface area contributed by atoms with Gasteiger partial charge in [0.15, 0.2) is 5.78 Å². The van der Waals surface area contributed by atoms with Crippen LogP contribution in [-0.4, -0.2) is 22.8 Å². The number of benzene rings is 2. The van der Waals surface area contributed by atoms with Crippen LogP contribution in [0, 0.1) is 0 Å². The molecule has 0 saturated heterocycles. The molecule has 0 aromatic heterocycles. The van der Waals surface area contributed by atoms with Crippen molar-refractivity contribution in [3.63, 3.8) is 0 Å². The third-order valence-electron chi connectivity index (χ3n) is 3.11. The molecule has 5 heteroatoms. The van der Waals surface area contributed by atoms with Crippen molar-refractivity contribution in [2.45, 2.75) is 10.9 Å². The van der Waals surface area contributed by atoms with E-state index in [2.05, 4.69) is 15.9 Å². The number of aliphatic hydroxyl groups excluding tert-OH is 1. The summed E-state index contributed by atoms with van der Waals surface area (Å²) in [7, 11) is 1.56. The lowest BCUT2D eigenvalue weighted by atomic mass is 10.00. The van der Waals surface area contributed by atoms with Crippen LogP contribution in [-0.2, 0) is 0 Å². The number of hydrogen-bond donors (Lipinski definition) is 1. The van der Waals surface area contributed by atoms with E-state index in [4.69, 9.17) is 16.3 Å². The number of rotatable bonds is 5. The molecule has 0 saturated carbocycles. The van der Waals surface area contributed by atoms with Crippen LogP contribution in [0.1, 0.15) is 22.0 Å². The number of halogens is 2. The molecule has 0 spiro atoms. The van der Waals surface area contributed by atoms with Crippen molar-refractivity contribution in [2.24, 2.45) is 0 Å². The maximum atomic E-state index is 12.4. The summed E-state index contributed by atoms with van der Waals surface area (Å²) >= 11 is 9.08. The minimum absolute atomic E-state index is 0.194. The minimum Gasteiger partial charge on any atom is -0.497 e. The molecule has 110 valence electrons. The number of ketones is 1. The van der Waals surface area contributed by atoms with E-state index in [9.17, 15) is 9.90 Å². The summed E-state index contributed by atoms with van der Waals surface area (Å²) < 4.78 is 5.05. The van der Waals surface area contributed by atoms with E-state index >= 15 is 0 Å². The average Bonchev–Trinajstić information content (AvgIpc) is 2.53. The molecule has 0 aliphatic rings. The molecule has 2 atom stereocenters. The van der Waals surface area contributed by atoms with Gasteiger partial charge in [0.05, 0.1) is 13.2 Å². The van der Waals surface area contributed by atoms with Gasteiger partial charge in [0.25, 0.3) is 0 Å². The van der Waals surface area contributed by atoms with E-state index in [1.54, 1.807) is 55.6 Å². The van der Waals surface area contributed by atoms with Gasteiger partial charge in [0.2, 0.25) is 0 Å². The number of aliphatic hydroxyl groups is 1. The molecule has 1 N–H and O–H groups in total. The molecule has 2 aromatic carbocycles. The number of methoxy groups -OCH3 is 1. The van der Waals surface area contributed by atoms with Gasteiger partial charge >= 0.3 is 0 Å². The molecule has 0 fully saturated rings. The Morgan fingerprint density at radius 3 is 2.24 bits per heavy atom. The Morgan fingerprint density at radius 2 is 1.71 bits per heavy atom. The molecule has 2 aromatic rings. The third kappa shape index (κ3) is 3.84. The smallest absolute Gasteiger partial charge is 0.179 e. The van der Waals surface area contributed by atoms with E-state index in [0.29, 0.717) is 21.9 Å². The summed E-state index contributed by atoms with van der Waals surface area (Å²) in [5, 5.41) is 10.9. The van der Waals surface area contributed by atoms with Crippen LogP contribution in [0.15, 0.2) is 48.5 Å². The van der Waals surface area contributed by atoms with E-state index in [1.807, 2.05) is 0 Å². The highest BCUT2D eigenvalue weighted by Crippen LogP contribution is 2.27. The first kappa shape index (κ1) is 16.0. The van der Waals surface area contributed by atoms with Crippen LogP contribution < -0.4 is 4.74 Å². The third-order valence-corrected chi connectivity index (χ3v) is 4.28. The highest BCUT2D eigenvalue weighted by molar-refractivity contribution is 9.10. The molecular weight excluding hydrogens is 356 g/mol. The van der Waals surface area contributed by atoms with Gasteiger partial charge in [-0.2, -0.15) is 0 Å². The van der Waals surface area contributed by atoms with Crippen LogP contribution in [0.4, 0.5) is 0 Å². The lowest BCUT2D eigenvalue weighted by molar-refractivity contribution is 0.0902. The molecule has 0 aliphatic heterocycles. The molecule has 0 bridgehead atoms. The fraction of sp³-hybridized carbons (Fsp3) is 0.188. The quantitative estimate of drug-likeness (QED) is 0.639. The summed E-state index contributed by atoms with van der Waals surface area (Å²) in [4.78, 5) is 11.6. The van der Waals surface area contributed by atoms with Crippen molar-refractivity contribution in [2.75, 3.05) is 7.11 Å². The summed E-state index contributed by atoms with van der Waals surface area (Å²) in [5.41, 5.74) is 1.13. The predicted octanol–water partition coefficient (Wildman–Crippen LogP) is 4.03. The van der Waals surface area contributed by atoms with Gasteiger partial charge in [0, 0.05) is 10.6 Å². The van der Waals surface area contributed by atoms with Gasteiger partial charge in [-0.1, -0.05) is 39.7 Å². The zero-order valence-corrected chi connectivity index (χ0v) is 13.6. The van der Waals surface area contributed by atoms with Crippen molar-refractivity contribution in [1.29, 1.82) is 0 Å². The van der Waals surface area contributed by atoms with Crippen molar-refractivity contribution in [3.8, 4) is 5.75 Å². The second-order valence-electron chi connectivity index (χ2n) is 4.49. The van der Waals surface area contributed by atoms with Crippen LogP contribution >= 0.6 is 27.5 Å². The molecule has 0 unspecified atom stereocenters. The number of hydrogen-bond acceptors (Lipinski definition) is 3. The SMILES string of the molecule is COc1ccc(C(=O)[C@@H](Br)[C@H](O)c2ccc(Cl)cc2)cc1. The Bertz CT molecular complexity index is 610. The van der Waals surface area contributed by atoms with Gasteiger partial charge in [-0.05, 0) is 42.0 Å². The molecule has 0 amide bonds. The fourth-order valence-corrected chi connectivity index (χ4v) is 2.58. The zero-order chi connectivity index (χ0) is 15.4. The molecule has 2 rings (SSSR count). The van der Waals surface area contributed by atoms with Gasteiger partial charge in [0.1, 0.15) is 10.6 Å². The van der Waals surface area contributed by atoms with E-state index in [1.165, 1.54) is 0 Å². The first-order chi connectivity index (χ1) is 10.0. The monoisotopic (exact) mass is 368 g/mol. The minimum atomic E-state index is -0.947. The van der Waals surface area contributed by atoms with Crippen molar-refractivity contribution < 1.29 is 14.6 Å². The van der Waals surface area contributed by atoms with Crippen LogP contribution in [0.5, 0.6) is 5.75 Å². The van der Waals surface area contributed by atoms with E-state index in [-0.39, 0.29) is 5.78 Å². The number of Topliss-reactive ketones (excluding diaryl/α,β-unsaturated/α-hetero) is 1. The Kier molecular flexibility index (Phi) is 5.39. The number of carbonyl (C=O) groups is 1. The summed E-state index contributed by atoms with van der Waals surface area (Å²) in [6, 6.07) is 13.5. The average molecular weight is 370 g/mol. The zero-order valence-electron chi connectivity index (χ0n) is 11.3. The van der Waals surface area contributed by atoms with Gasteiger partial charge in [-0.25, -0.2) is 0 Å². The number of alkyl halides is 1. The number of carbonyl (C=O) groups excluding carboxylic acids is 1. The second kappa shape index (κ2) is 7.07. The standard InChI is InChI=1S/C16H14BrClO3/c1-21-13-8-4-11(5-9-13)16(20)14(17)15(19)10-2-6-12(18)7-3-10/h2-9,14-15,19H,1H3/t14-,15+/m0/s1. The lowest BCUT2D eigenvalue weighted by Gasteiger charge is -2.17. The van der Waals surface area contributed by atoms with Crippen molar-refractivity contribution in [3.05, 3.63) is 64.7 Å². The molecule has 21 heavy (non-hydrogen) atoms. The van der Waals surface area contributed by atoms with Crippen LogP contribution in [0.3, 0.4) is 0 Å². The molecular formula is C16H14BrClO3. The highest BCUT2D eigenvalue weighted by Gasteiger charge is 2.26. The Balaban J connectivity index is 2.15. The molecule has 3 nitrogen and oxygen atoms in total. The summed E-state index contributed by atoms with van der Waals surface area (Å²) in [6.07, 6.45) is -0.947. The lowest BCUT2D eigenvalue weighted by Crippen LogP contribution is -2.22. The Morgan fingerprint density at radius 1 is 1.14 bits per heavy atom. The topological polar surface area (TPSA) is 46.5 Å². The summed E-state index contributed by atoms with van der Waals surface area (Å²) in [6.45, 7) is 0. The molecule has 0 radical (unpaired) electrons. The van der Waals surface area contributed by atoms with Gasteiger partial charge in [-0.3, -0.25) is 4.79 Å². The van der Waals surface area contributed by atoms with E-state index in [0.717, 1.165) is 0 Å². The first-order valence-corrected chi connectivity index (χ1v) is 7.58. The predicted molar refractivity (Wildman–Crippen MR) is 86.5 cm³/mol. The Labute approximate surface area is 136 Å². The largest absolute Gasteiger partial charge is 0.497 e. The first-order valence-electron chi connectivity index (χ1n) is 6.29. The van der Waals surface area contributed by atoms with E-state index < -0.39 is 10.9 Å². The van der Waals surface area contributed by atoms with Crippen molar-refractivity contribution >= 4 is 33.3 Å². The second-order valence-corrected chi connectivity index (χ2v) is 5.91. The van der Waals surface area contributed by atoms with Crippen molar-refractivity contribution in [1.82, 2.24) is 0 Å². The number of ether oxygens (including phenoxy) is 1. The maximum absolute atomic E-state index is 12.4. The Hall–Kier alpha value is -1.36. The van der Waals surface area contributed by atoms with Crippen LogP contribution in [0.25, 0.3) is 0 Å². The maximum Gasteiger partial charge on any atom is 0.179 e. The molecule has 0 heterocycles. The molecule has 0 aliphatic carbocycles. The highest BCUT2D eigenvalue weighted by atomic mass is 79.9. The van der Waals surface area contributed by atoms with Gasteiger partial charge in [-0.15, -0.1) is 0 Å². The summed E-state index contributed by atoms with van der Waals surface area (Å²) in [5.74, 6) is 0.482. The van der Waals surface area contributed by atoms with Gasteiger partial charge < -0.3 is 9.84 Å². The fourth-order valence-electron chi connectivity index (χ4n) is 1.89. The normalized spacial score (nSPS) is 13.5.